The Bertz CT molecular complexity index is 747. The lowest BCUT2D eigenvalue weighted by Gasteiger charge is -2.07. The molecule has 6 nitrogen and oxygen atoms in total. The fourth-order valence-electron chi connectivity index (χ4n) is 1.96. The number of aromatic nitrogens is 2. The van der Waals surface area contributed by atoms with Crippen molar-refractivity contribution in [2.45, 2.75) is 6.54 Å². The monoisotopic (exact) mass is 283 g/mol. The third-order valence-corrected chi connectivity index (χ3v) is 2.95. The minimum absolute atomic E-state index is 0.0582. The second-order valence-corrected chi connectivity index (χ2v) is 4.43. The third kappa shape index (κ3) is 2.94. The number of hydrogen-bond donors (Lipinski definition) is 2. The van der Waals surface area contributed by atoms with Crippen LogP contribution in [0.2, 0.25) is 0 Å². The van der Waals surface area contributed by atoms with Gasteiger partial charge in [0, 0.05) is 18.1 Å². The number of anilines is 1. The highest BCUT2D eigenvalue weighted by molar-refractivity contribution is 5.84. The van der Waals surface area contributed by atoms with E-state index in [1.54, 1.807) is 16.9 Å². The van der Waals surface area contributed by atoms with Gasteiger partial charge in [-0.1, -0.05) is 6.07 Å². The van der Waals surface area contributed by atoms with Crippen LogP contribution in [-0.2, 0) is 6.54 Å². The highest BCUT2D eigenvalue weighted by atomic mass is 16.4. The van der Waals surface area contributed by atoms with E-state index >= 15 is 0 Å². The minimum Gasteiger partial charge on any atom is -0.475 e. The fourth-order valence-corrected chi connectivity index (χ4v) is 1.96. The standard InChI is InChI=1S/C15H13N3O3/c19-15(20)14-6-5-13(21-14)10-16-11-3-1-4-12(9-11)18-8-2-7-17-18/h1-9,16H,10H2,(H,19,20). The van der Waals surface area contributed by atoms with Crippen molar-refractivity contribution in [1.29, 1.82) is 0 Å². The first-order valence-corrected chi connectivity index (χ1v) is 6.38. The number of benzene rings is 1. The molecule has 106 valence electrons. The van der Waals surface area contributed by atoms with Crippen LogP contribution in [0.15, 0.2) is 59.3 Å². The third-order valence-electron chi connectivity index (χ3n) is 2.95. The van der Waals surface area contributed by atoms with Gasteiger partial charge in [-0.25, -0.2) is 9.48 Å². The lowest BCUT2D eigenvalue weighted by atomic mass is 10.2. The molecule has 0 aliphatic heterocycles. The molecule has 0 unspecified atom stereocenters. The summed E-state index contributed by atoms with van der Waals surface area (Å²) in [5.41, 5.74) is 1.84. The Morgan fingerprint density at radius 1 is 1.29 bits per heavy atom. The first-order chi connectivity index (χ1) is 10.2. The van der Waals surface area contributed by atoms with Crippen LogP contribution < -0.4 is 5.32 Å². The van der Waals surface area contributed by atoms with Crippen molar-refractivity contribution in [3.8, 4) is 5.69 Å². The molecule has 0 saturated heterocycles. The van der Waals surface area contributed by atoms with Gasteiger partial charge >= 0.3 is 5.97 Å². The minimum atomic E-state index is -1.07. The lowest BCUT2D eigenvalue weighted by Crippen LogP contribution is -2.00. The molecular weight excluding hydrogens is 270 g/mol. The lowest BCUT2D eigenvalue weighted by molar-refractivity contribution is 0.0660. The largest absolute Gasteiger partial charge is 0.475 e. The van der Waals surface area contributed by atoms with E-state index in [0.717, 1.165) is 11.4 Å². The van der Waals surface area contributed by atoms with Crippen molar-refractivity contribution in [3.05, 3.63) is 66.4 Å². The SMILES string of the molecule is O=C(O)c1ccc(CNc2cccc(-n3cccn3)c2)o1. The molecule has 2 N–H and O–H groups in total. The number of hydrogen-bond acceptors (Lipinski definition) is 4. The van der Waals surface area contributed by atoms with E-state index in [2.05, 4.69) is 10.4 Å². The average molecular weight is 283 g/mol. The summed E-state index contributed by atoms with van der Waals surface area (Å²) in [5, 5.41) is 16.2. The number of nitrogens with zero attached hydrogens (tertiary/aromatic N) is 2. The summed E-state index contributed by atoms with van der Waals surface area (Å²) in [6.45, 7) is 0.413. The zero-order valence-electron chi connectivity index (χ0n) is 11.1. The van der Waals surface area contributed by atoms with Crippen molar-refractivity contribution in [3.63, 3.8) is 0 Å². The van der Waals surface area contributed by atoms with E-state index in [1.807, 2.05) is 36.5 Å². The number of carboxylic acid groups (broad SMARTS) is 1. The predicted molar refractivity (Wildman–Crippen MR) is 76.6 cm³/mol. The van der Waals surface area contributed by atoms with Crippen LogP contribution in [0.4, 0.5) is 5.69 Å². The van der Waals surface area contributed by atoms with Gasteiger partial charge in [-0.05, 0) is 36.4 Å². The molecule has 2 aromatic heterocycles. The number of aromatic carboxylic acids is 1. The topological polar surface area (TPSA) is 80.3 Å². The molecule has 0 spiro atoms. The van der Waals surface area contributed by atoms with Gasteiger partial charge in [0.05, 0.1) is 12.2 Å². The Morgan fingerprint density at radius 2 is 2.19 bits per heavy atom. The predicted octanol–water partition coefficient (Wildman–Crippen LogP) is 2.78. The van der Waals surface area contributed by atoms with E-state index < -0.39 is 5.97 Å². The van der Waals surface area contributed by atoms with Gasteiger partial charge in [0.1, 0.15) is 5.76 Å². The van der Waals surface area contributed by atoms with Crippen LogP contribution in [0.3, 0.4) is 0 Å². The first kappa shape index (κ1) is 13.0. The van der Waals surface area contributed by atoms with Crippen molar-refractivity contribution in [2.24, 2.45) is 0 Å². The summed E-state index contributed by atoms with van der Waals surface area (Å²) in [6.07, 6.45) is 3.58. The summed E-state index contributed by atoms with van der Waals surface area (Å²) in [5.74, 6) is -0.559. The van der Waals surface area contributed by atoms with Crippen LogP contribution in [0, 0.1) is 0 Å². The van der Waals surface area contributed by atoms with Gasteiger partial charge in [-0.2, -0.15) is 5.10 Å². The molecule has 0 amide bonds. The molecule has 2 heterocycles. The Morgan fingerprint density at radius 3 is 2.90 bits per heavy atom. The fraction of sp³-hybridized carbons (Fsp3) is 0.0667. The van der Waals surface area contributed by atoms with Gasteiger partial charge in [0.25, 0.3) is 0 Å². The summed E-state index contributed by atoms with van der Waals surface area (Å²) in [7, 11) is 0. The smallest absolute Gasteiger partial charge is 0.371 e. The molecule has 21 heavy (non-hydrogen) atoms. The van der Waals surface area contributed by atoms with Crippen molar-refractivity contribution < 1.29 is 14.3 Å². The maximum Gasteiger partial charge on any atom is 0.371 e. The molecule has 6 heteroatoms. The van der Waals surface area contributed by atoms with Gasteiger partial charge < -0.3 is 14.8 Å². The second kappa shape index (κ2) is 5.54. The average Bonchev–Trinajstić information content (AvgIpc) is 3.17. The summed E-state index contributed by atoms with van der Waals surface area (Å²) >= 11 is 0. The van der Waals surface area contributed by atoms with Crippen LogP contribution in [0.25, 0.3) is 5.69 Å². The number of nitrogens with one attached hydrogen (secondary N) is 1. The molecular formula is C15H13N3O3. The maximum absolute atomic E-state index is 10.7. The number of rotatable bonds is 5. The van der Waals surface area contributed by atoms with E-state index in [4.69, 9.17) is 9.52 Å². The molecule has 0 fully saturated rings. The molecule has 0 atom stereocenters. The van der Waals surface area contributed by atoms with E-state index in [-0.39, 0.29) is 5.76 Å². The van der Waals surface area contributed by atoms with Gasteiger partial charge in [-0.3, -0.25) is 0 Å². The number of carbonyl (C=O) groups is 1. The van der Waals surface area contributed by atoms with Gasteiger partial charge in [-0.15, -0.1) is 0 Å². The second-order valence-electron chi connectivity index (χ2n) is 4.43. The van der Waals surface area contributed by atoms with Crippen LogP contribution >= 0.6 is 0 Å². The molecule has 0 radical (unpaired) electrons. The molecule has 0 aliphatic carbocycles. The Balaban J connectivity index is 1.70. The highest BCUT2D eigenvalue weighted by Crippen LogP contribution is 2.16. The molecule has 0 aliphatic rings. The van der Waals surface area contributed by atoms with Crippen molar-refractivity contribution in [1.82, 2.24) is 9.78 Å². The molecule has 3 aromatic rings. The van der Waals surface area contributed by atoms with Gasteiger partial charge in [0.15, 0.2) is 0 Å². The van der Waals surface area contributed by atoms with E-state index in [0.29, 0.717) is 12.3 Å². The first-order valence-electron chi connectivity index (χ1n) is 6.38. The quantitative estimate of drug-likeness (QED) is 0.752. The maximum atomic E-state index is 10.7. The van der Waals surface area contributed by atoms with Crippen LogP contribution in [-0.4, -0.2) is 20.9 Å². The van der Waals surface area contributed by atoms with Crippen molar-refractivity contribution >= 4 is 11.7 Å². The zero-order valence-corrected chi connectivity index (χ0v) is 11.1. The van der Waals surface area contributed by atoms with Gasteiger partial charge in [0.2, 0.25) is 5.76 Å². The number of carboxylic acids is 1. The van der Waals surface area contributed by atoms with Crippen LogP contribution in [0.1, 0.15) is 16.3 Å². The molecule has 3 rings (SSSR count). The molecule has 0 saturated carbocycles. The zero-order chi connectivity index (χ0) is 14.7. The highest BCUT2D eigenvalue weighted by Gasteiger charge is 2.08. The Labute approximate surface area is 120 Å². The number of furan rings is 1. The Hall–Kier alpha value is -3.02. The Kier molecular flexibility index (Phi) is 3.42. The molecule has 0 bridgehead atoms. The van der Waals surface area contributed by atoms with Crippen molar-refractivity contribution in [2.75, 3.05) is 5.32 Å². The summed E-state index contributed by atoms with van der Waals surface area (Å²) in [6, 6.07) is 12.7. The van der Waals surface area contributed by atoms with E-state index in [1.165, 1.54) is 6.07 Å². The summed E-state index contributed by atoms with van der Waals surface area (Å²) in [4.78, 5) is 10.7. The van der Waals surface area contributed by atoms with E-state index in [9.17, 15) is 4.79 Å². The molecule has 1 aromatic carbocycles. The summed E-state index contributed by atoms with van der Waals surface area (Å²) < 4.78 is 6.95. The van der Waals surface area contributed by atoms with Crippen LogP contribution in [0.5, 0.6) is 0 Å². The normalized spacial score (nSPS) is 10.5.